The first-order valence-electron chi connectivity index (χ1n) is 6.48. The summed E-state index contributed by atoms with van der Waals surface area (Å²) in [4.78, 5) is 18.1. The molecule has 1 aliphatic heterocycles. The number of nitrogens with one attached hydrogen (secondary N) is 1. The predicted molar refractivity (Wildman–Crippen MR) is 71.3 cm³/mol. The average Bonchev–Trinajstić information content (AvgIpc) is 2.96. The minimum absolute atomic E-state index is 0.0255. The van der Waals surface area contributed by atoms with Crippen LogP contribution in [0.25, 0.3) is 4.96 Å². The van der Waals surface area contributed by atoms with Gasteiger partial charge < -0.3 is 5.32 Å². The second-order valence-corrected chi connectivity index (χ2v) is 6.51. The van der Waals surface area contributed by atoms with E-state index in [0.717, 1.165) is 11.5 Å². The van der Waals surface area contributed by atoms with Gasteiger partial charge in [0.15, 0.2) is 4.96 Å². The molecule has 5 heteroatoms. The standard InChI is InChI=1S/C13H15N3OS/c17-11-2-5-14-12-16(11)8-10(18-12)9-1-6-15-13(7-9)3-4-13/h2,5,8-9,15H,1,3-4,6-7H2/t9-/m0/s1. The van der Waals surface area contributed by atoms with Gasteiger partial charge in [-0.3, -0.25) is 9.20 Å². The van der Waals surface area contributed by atoms with E-state index < -0.39 is 0 Å². The third-order valence-corrected chi connectivity index (χ3v) is 5.36. The highest BCUT2D eigenvalue weighted by molar-refractivity contribution is 7.17. The number of aromatic nitrogens is 2. The Hall–Kier alpha value is -1.20. The third kappa shape index (κ3) is 1.61. The molecule has 1 saturated carbocycles. The second kappa shape index (κ2) is 3.65. The molecule has 0 amide bonds. The summed E-state index contributed by atoms with van der Waals surface area (Å²) in [5.41, 5.74) is 0.454. The fraction of sp³-hybridized carbons (Fsp3) is 0.538. The second-order valence-electron chi connectivity index (χ2n) is 5.47. The molecule has 2 aromatic rings. The van der Waals surface area contributed by atoms with E-state index >= 15 is 0 Å². The van der Waals surface area contributed by atoms with Crippen molar-refractivity contribution < 1.29 is 0 Å². The maximum Gasteiger partial charge on any atom is 0.258 e. The molecule has 2 aliphatic rings. The number of fused-ring (bicyclic) bond motifs is 1. The van der Waals surface area contributed by atoms with Gasteiger partial charge in [-0.1, -0.05) is 0 Å². The summed E-state index contributed by atoms with van der Waals surface area (Å²) in [7, 11) is 0. The molecule has 2 aromatic heterocycles. The lowest BCUT2D eigenvalue weighted by Crippen LogP contribution is -2.39. The lowest BCUT2D eigenvalue weighted by atomic mass is 9.90. The molecular formula is C13H15N3OS. The lowest BCUT2D eigenvalue weighted by Gasteiger charge is -2.29. The Labute approximate surface area is 109 Å². The Kier molecular flexibility index (Phi) is 2.17. The maximum atomic E-state index is 11.7. The van der Waals surface area contributed by atoms with Gasteiger partial charge in [-0.15, -0.1) is 11.3 Å². The Balaban J connectivity index is 1.73. The molecule has 1 atom stereocenters. The van der Waals surface area contributed by atoms with Crippen LogP contribution in [0.15, 0.2) is 23.3 Å². The number of piperidine rings is 1. The molecule has 0 unspecified atom stereocenters. The highest BCUT2D eigenvalue weighted by Gasteiger charge is 2.46. The van der Waals surface area contributed by atoms with E-state index in [1.807, 2.05) is 6.20 Å². The van der Waals surface area contributed by atoms with Crippen molar-refractivity contribution in [2.75, 3.05) is 6.54 Å². The summed E-state index contributed by atoms with van der Waals surface area (Å²) in [5.74, 6) is 0.597. The highest BCUT2D eigenvalue weighted by atomic mass is 32.1. The SMILES string of the molecule is O=c1ccnc2sc([C@H]3CCNC4(CC4)C3)cn12. The molecule has 1 N–H and O–H groups in total. The first-order chi connectivity index (χ1) is 8.76. The number of rotatable bonds is 1. The minimum Gasteiger partial charge on any atom is -0.311 e. The number of nitrogens with zero attached hydrogens (tertiary/aromatic N) is 2. The fourth-order valence-corrected chi connectivity index (χ4v) is 4.07. The van der Waals surface area contributed by atoms with Crippen LogP contribution >= 0.6 is 11.3 Å². The van der Waals surface area contributed by atoms with Gasteiger partial charge in [-0.2, -0.15) is 0 Å². The summed E-state index contributed by atoms with van der Waals surface area (Å²) >= 11 is 1.67. The lowest BCUT2D eigenvalue weighted by molar-refractivity contribution is 0.348. The molecule has 0 radical (unpaired) electrons. The van der Waals surface area contributed by atoms with Gasteiger partial charge in [0, 0.05) is 28.9 Å². The van der Waals surface area contributed by atoms with Crippen molar-refractivity contribution in [3.8, 4) is 0 Å². The Morgan fingerprint density at radius 3 is 3.17 bits per heavy atom. The van der Waals surface area contributed by atoms with Crippen molar-refractivity contribution in [1.82, 2.24) is 14.7 Å². The van der Waals surface area contributed by atoms with E-state index in [9.17, 15) is 4.79 Å². The van der Waals surface area contributed by atoms with Crippen LogP contribution in [0.4, 0.5) is 0 Å². The van der Waals surface area contributed by atoms with Gasteiger partial charge in [0.05, 0.1) is 0 Å². The zero-order valence-electron chi connectivity index (χ0n) is 10.1. The molecule has 3 heterocycles. The van der Waals surface area contributed by atoms with Crippen LogP contribution in [-0.2, 0) is 0 Å². The van der Waals surface area contributed by atoms with Gasteiger partial charge in [0.2, 0.25) is 0 Å². The molecule has 1 saturated heterocycles. The Morgan fingerprint density at radius 2 is 2.39 bits per heavy atom. The first kappa shape index (κ1) is 10.7. The topological polar surface area (TPSA) is 46.4 Å². The van der Waals surface area contributed by atoms with Crippen molar-refractivity contribution in [2.24, 2.45) is 0 Å². The van der Waals surface area contributed by atoms with Crippen molar-refractivity contribution in [3.63, 3.8) is 0 Å². The van der Waals surface area contributed by atoms with Crippen LogP contribution in [0.1, 0.15) is 36.5 Å². The van der Waals surface area contributed by atoms with E-state index in [-0.39, 0.29) is 5.56 Å². The zero-order chi connectivity index (χ0) is 12.2. The number of thiazole rings is 1. The van der Waals surface area contributed by atoms with Crippen molar-refractivity contribution in [2.45, 2.75) is 37.1 Å². The van der Waals surface area contributed by atoms with Crippen LogP contribution in [0.2, 0.25) is 0 Å². The summed E-state index contributed by atoms with van der Waals surface area (Å²) in [6, 6.07) is 1.52. The largest absolute Gasteiger partial charge is 0.311 e. The summed E-state index contributed by atoms with van der Waals surface area (Å²) in [6.45, 7) is 1.10. The van der Waals surface area contributed by atoms with E-state index in [4.69, 9.17) is 0 Å². The molecule has 1 spiro atoms. The van der Waals surface area contributed by atoms with Crippen molar-refractivity contribution in [3.05, 3.63) is 33.7 Å². The van der Waals surface area contributed by atoms with E-state index in [2.05, 4.69) is 10.3 Å². The summed E-state index contributed by atoms with van der Waals surface area (Å²) < 4.78 is 1.68. The predicted octanol–water partition coefficient (Wildman–Crippen LogP) is 1.76. The Morgan fingerprint density at radius 1 is 1.50 bits per heavy atom. The molecule has 0 bridgehead atoms. The van der Waals surface area contributed by atoms with Crippen LogP contribution in [-0.4, -0.2) is 21.5 Å². The van der Waals surface area contributed by atoms with Crippen LogP contribution < -0.4 is 10.9 Å². The highest BCUT2D eigenvalue weighted by Crippen LogP contribution is 2.47. The summed E-state index contributed by atoms with van der Waals surface area (Å²) in [6.07, 6.45) is 8.61. The zero-order valence-corrected chi connectivity index (χ0v) is 10.9. The molecule has 2 fully saturated rings. The van der Waals surface area contributed by atoms with Crippen LogP contribution in [0.5, 0.6) is 0 Å². The molecule has 94 valence electrons. The quantitative estimate of drug-likeness (QED) is 0.851. The first-order valence-corrected chi connectivity index (χ1v) is 7.30. The Bertz CT molecular complexity index is 656. The minimum atomic E-state index is 0.0255. The van der Waals surface area contributed by atoms with Crippen molar-refractivity contribution in [1.29, 1.82) is 0 Å². The van der Waals surface area contributed by atoms with E-state index in [1.54, 1.807) is 21.9 Å². The van der Waals surface area contributed by atoms with Gasteiger partial charge in [0.25, 0.3) is 5.56 Å². The molecule has 1 aliphatic carbocycles. The monoisotopic (exact) mass is 261 g/mol. The molecule has 18 heavy (non-hydrogen) atoms. The average molecular weight is 261 g/mol. The number of hydrogen-bond acceptors (Lipinski definition) is 4. The van der Waals surface area contributed by atoms with Gasteiger partial charge >= 0.3 is 0 Å². The van der Waals surface area contributed by atoms with Crippen LogP contribution in [0.3, 0.4) is 0 Å². The van der Waals surface area contributed by atoms with Crippen molar-refractivity contribution >= 4 is 16.3 Å². The van der Waals surface area contributed by atoms with Gasteiger partial charge in [0.1, 0.15) is 0 Å². The summed E-state index contributed by atoms with van der Waals surface area (Å²) in [5, 5.41) is 3.63. The van der Waals surface area contributed by atoms with E-state index in [0.29, 0.717) is 11.5 Å². The van der Waals surface area contributed by atoms with Gasteiger partial charge in [-0.25, -0.2) is 4.98 Å². The maximum absolute atomic E-state index is 11.7. The smallest absolute Gasteiger partial charge is 0.258 e. The molecule has 4 rings (SSSR count). The van der Waals surface area contributed by atoms with Gasteiger partial charge in [-0.05, 0) is 38.1 Å². The van der Waals surface area contributed by atoms with Crippen LogP contribution in [0, 0.1) is 0 Å². The number of hydrogen-bond donors (Lipinski definition) is 1. The molecule has 0 aromatic carbocycles. The normalized spacial score (nSPS) is 25.7. The fourth-order valence-electron chi connectivity index (χ4n) is 2.98. The molecular weight excluding hydrogens is 246 g/mol. The third-order valence-electron chi connectivity index (χ3n) is 4.20. The van der Waals surface area contributed by atoms with E-state index in [1.165, 1.54) is 36.6 Å². The molecule has 4 nitrogen and oxygen atoms in total.